The molecular weight excluding hydrogens is 422 g/mol. The van der Waals surface area contributed by atoms with Gasteiger partial charge in [0.05, 0.1) is 11.5 Å². The fourth-order valence-electron chi connectivity index (χ4n) is 4.32. The van der Waals surface area contributed by atoms with Gasteiger partial charge in [-0.3, -0.25) is 4.79 Å². The first-order valence-corrected chi connectivity index (χ1v) is 11.8. The molecule has 0 fully saturated rings. The lowest BCUT2D eigenvalue weighted by atomic mass is 9.81. The van der Waals surface area contributed by atoms with Crippen LogP contribution in [0.4, 0.5) is 5.69 Å². The molecule has 7 heteroatoms. The Kier molecular flexibility index (Phi) is 7.88. The van der Waals surface area contributed by atoms with Crippen LogP contribution in [0.5, 0.6) is 0 Å². The van der Waals surface area contributed by atoms with Gasteiger partial charge >= 0.3 is 0 Å². The number of aliphatic hydroxyl groups is 3. The van der Waals surface area contributed by atoms with Crippen LogP contribution in [-0.4, -0.2) is 33.1 Å². The third kappa shape index (κ3) is 5.60. The molecule has 33 heavy (non-hydrogen) atoms. The molecule has 3 N–H and O–H groups in total. The highest BCUT2D eigenvalue weighted by atomic mass is 16.4. The van der Waals surface area contributed by atoms with Crippen molar-refractivity contribution in [3.63, 3.8) is 0 Å². The highest BCUT2D eigenvalue weighted by molar-refractivity contribution is 5.84. The van der Waals surface area contributed by atoms with E-state index in [1.54, 1.807) is 6.07 Å². The maximum absolute atomic E-state index is 12.9. The highest BCUT2D eigenvalue weighted by Gasteiger charge is 2.42. The molecule has 4 unspecified atom stereocenters. The highest BCUT2D eigenvalue weighted by Crippen LogP contribution is 2.37. The number of fused-ring (bicyclic) bond motifs is 1. The summed E-state index contributed by atoms with van der Waals surface area (Å²) in [7, 11) is 0. The smallest absolute Gasteiger partial charge is 0.222 e. The van der Waals surface area contributed by atoms with E-state index in [4.69, 9.17) is 4.42 Å². The van der Waals surface area contributed by atoms with Crippen LogP contribution in [-0.2, 0) is 6.42 Å². The van der Waals surface area contributed by atoms with E-state index in [0.29, 0.717) is 17.4 Å². The van der Waals surface area contributed by atoms with Crippen molar-refractivity contribution >= 4 is 22.2 Å². The van der Waals surface area contributed by atoms with E-state index in [9.17, 15) is 25.0 Å². The van der Waals surface area contributed by atoms with Gasteiger partial charge in [0.2, 0.25) is 5.43 Å². The molecular formula is C26H35NO6. The van der Waals surface area contributed by atoms with Crippen LogP contribution in [0.3, 0.4) is 0 Å². The maximum atomic E-state index is 12.9. The summed E-state index contributed by atoms with van der Waals surface area (Å²) in [6, 6.07) is 5.34. The average molecular weight is 458 g/mol. The van der Waals surface area contributed by atoms with Crippen molar-refractivity contribution in [1.29, 1.82) is 0 Å². The quantitative estimate of drug-likeness (QED) is 0.463. The summed E-state index contributed by atoms with van der Waals surface area (Å²) < 4.78 is 5.94. The molecule has 4 atom stereocenters. The number of aliphatic hydroxyl groups excluding tert-OH is 2. The predicted molar refractivity (Wildman–Crippen MR) is 129 cm³/mol. The minimum absolute atomic E-state index is 0.0738. The summed E-state index contributed by atoms with van der Waals surface area (Å²) >= 11 is 0. The largest absolute Gasteiger partial charge is 0.454 e. The van der Waals surface area contributed by atoms with E-state index >= 15 is 0 Å². The molecule has 0 amide bonds. The number of aryl methyl sites for hydroxylation is 1. The molecule has 0 saturated heterocycles. The third-order valence-electron chi connectivity index (χ3n) is 6.77. The van der Waals surface area contributed by atoms with E-state index in [0.717, 1.165) is 18.4 Å². The Morgan fingerprint density at radius 1 is 1.18 bits per heavy atom. The first-order chi connectivity index (χ1) is 15.5. The standard InChI is InChI=1S/C26H35NO6/c1-15(2)6-5-7-16(3)8-9-17-10-11-19-20(12-17)33-25(23(27-32)24(19)30)18-13-21(28)26(4,31)22(29)14-18/h10-13,15-16,21-22,28-29,31H,5-9,14H2,1-4H3. The summed E-state index contributed by atoms with van der Waals surface area (Å²) in [4.78, 5) is 24.4. The molecule has 3 rings (SSSR count). The predicted octanol–water partition coefficient (Wildman–Crippen LogP) is 4.85. The van der Waals surface area contributed by atoms with Gasteiger partial charge in [-0.2, -0.15) is 0 Å². The van der Waals surface area contributed by atoms with Crippen LogP contribution in [0.15, 0.2) is 38.7 Å². The molecule has 0 bridgehead atoms. The Balaban J connectivity index is 1.89. The van der Waals surface area contributed by atoms with Crippen LogP contribution in [0, 0.1) is 16.7 Å². The van der Waals surface area contributed by atoms with E-state index in [-0.39, 0.29) is 23.1 Å². The van der Waals surface area contributed by atoms with Crippen molar-refractivity contribution in [2.24, 2.45) is 17.0 Å². The molecule has 2 aromatic rings. The van der Waals surface area contributed by atoms with Gasteiger partial charge < -0.3 is 19.7 Å². The molecule has 0 spiro atoms. The van der Waals surface area contributed by atoms with E-state index in [2.05, 4.69) is 25.9 Å². The van der Waals surface area contributed by atoms with Crippen LogP contribution >= 0.6 is 0 Å². The summed E-state index contributed by atoms with van der Waals surface area (Å²) in [6.45, 7) is 8.05. The third-order valence-corrected chi connectivity index (χ3v) is 6.77. The van der Waals surface area contributed by atoms with Crippen LogP contribution in [0.2, 0.25) is 0 Å². The topological polar surface area (TPSA) is 120 Å². The summed E-state index contributed by atoms with van der Waals surface area (Å²) in [5.74, 6) is 1.23. The monoisotopic (exact) mass is 457 g/mol. The lowest BCUT2D eigenvalue weighted by molar-refractivity contribution is -0.120. The van der Waals surface area contributed by atoms with Crippen LogP contribution < -0.4 is 5.43 Å². The number of hydrogen-bond donors (Lipinski definition) is 3. The van der Waals surface area contributed by atoms with E-state index < -0.39 is 28.9 Å². The summed E-state index contributed by atoms with van der Waals surface area (Å²) in [5, 5.41) is 33.9. The SMILES string of the molecule is CC(C)CCCC(C)CCc1ccc2c(=O)c(N=O)c(C3=CC(O)C(C)(O)C(O)C3)oc2c1. The zero-order chi connectivity index (χ0) is 24.3. The number of benzene rings is 1. The maximum Gasteiger partial charge on any atom is 0.222 e. The molecule has 1 aliphatic rings. The molecule has 1 aliphatic carbocycles. The van der Waals surface area contributed by atoms with Gasteiger partial charge in [-0.15, -0.1) is 4.91 Å². The minimum atomic E-state index is -1.74. The Morgan fingerprint density at radius 3 is 2.55 bits per heavy atom. The Labute approximate surface area is 194 Å². The molecule has 0 aliphatic heterocycles. The lowest BCUT2D eigenvalue weighted by Gasteiger charge is -2.36. The van der Waals surface area contributed by atoms with Gasteiger partial charge in [0.25, 0.3) is 0 Å². The van der Waals surface area contributed by atoms with E-state index in [1.165, 1.54) is 32.3 Å². The molecule has 0 radical (unpaired) electrons. The van der Waals surface area contributed by atoms with Crippen LogP contribution in [0.25, 0.3) is 16.5 Å². The number of nitroso groups, excluding NO2 is 1. The number of hydrogen-bond acceptors (Lipinski definition) is 7. The van der Waals surface area contributed by atoms with Gasteiger partial charge in [0, 0.05) is 6.42 Å². The van der Waals surface area contributed by atoms with Gasteiger partial charge in [-0.25, -0.2) is 0 Å². The molecule has 7 nitrogen and oxygen atoms in total. The Hall–Kier alpha value is -2.35. The fraction of sp³-hybridized carbons (Fsp3) is 0.577. The number of nitrogens with zero attached hydrogens (tertiary/aromatic N) is 1. The second kappa shape index (κ2) is 10.3. The van der Waals surface area contributed by atoms with Gasteiger partial charge in [-0.05, 0) is 66.1 Å². The van der Waals surface area contributed by atoms with Gasteiger partial charge in [-0.1, -0.05) is 46.1 Å². The van der Waals surface area contributed by atoms with Crippen molar-refractivity contribution in [2.75, 3.05) is 0 Å². The summed E-state index contributed by atoms with van der Waals surface area (Å²) in [5.41, 5.74) is -1.08. The zero-order valence-electron chi connectivity index (χ0n) is 19.9. The van der Waals surface area contributed by atoms with Crippen molar-refractivity contribution < 1.29 is 19.7 Å². The van der Waals surface area contributed by atoms with Gasteiger partial charge in [0.1, 0.15) is 17.3 Å². The first-order valence-electron chi connectivity index (χ1n) is 11.8. The fourth-order valence-corrected chi connectivity index (χ4v) is 4.32. The second-order valence-electron chi connectivity index (χ2n) is 10.1. The van der Waals surface area contributed by atoms with Crippen molar-refractivity contribution in [2.45, 2.75) is 84.0 Å². The molecule has 1 heterocycles. The van der Waals surface area contributed by atoms with Crippen LogP contribution in [0.1, 0.15) is 71.1 Å². The summed E-state index contributed by atoms with van der Waals surface area (Å²) in [6.07, 6.45) is 4.02. The Bertz CT molecular complexity index is 1080. The van der Waals surface area contributed by atoms with Crippen molar-refractivity contribution in [3.8, 4) is 0 Å². The van der Waals surface area contributed by atoms with Crippen molar-refractivity contribution in [1.82, 2.24) is 0 Å². The second-order valence-corrected chi connectivity index (χ2v) is 10.1. The van der Waals surface area contributed by atoms with Crippen molar-refractivity contribution in [3.05, 3.63) is 50.7 Å². The molecule has 1 aromatic heterocycles. The normalized spacial score (nSPS) is 24.2. The lowest BCUT2D eigenvalue weighted by Crippen LogP contribution is -2.51. The molecule has 180 valence electrons. The first kappa shape index (κ1) is 25.3. The molecule has 1 aromatic carbocycles. The number of rotatable bonds is 9. The zero-order valence-corrected chi connectivity index (χ0v) is 19.9. The van der Waals surface area contributed by atoms with Gasteiger partial charge in [0.15, 0.2) is 11.4 Å². The minimum Gasteiger partial charge on any atom is -0.454 e. The van der Waals surface area contributed by atoms with E-state index in [1.807, 2.05) is 12.1 Å². The average Bonchev–Trinajstić information content (AvgIpc) is 2.75. The molecule has 0 saturated carbocycles. The Morgan fingerprint density at radius 2 is 1.91 bits per heavy atom.